The number of rotatable bonds is 4. The summed E-state index contributed by atoms with van der Waals surface area (Å²) in [5.74, 6) is -0.176. The second-order valence-electron chi connectivity index (χ2n) is 5.26. The predicted molar refractivity (Wildman–Crippen MR) is 89.1 cm³/mol. The van der Waals surface area contributed by atoms with Crippen molar-refractivity contribution in [2.45, 2.75) is 23.5 Å². The monoisotopic (exact) mass is 385 g/mol. The Balaban J connectivity index is 1.86. The van der Waals surface area contributed by atoms with Gasteiger partial charge in [-0.2, -0.15) is 13.2 Å². The van der Waals surface area contributed by atoms with Crippen LogP contribution in [0.15, 0.2) is 47.8 Å². The van der Waals surface area contributed by atoms with Gasteiger partial charge in [0.15, 0.2) is 16.6 Å². The smallest absolute Gasteiger partial charge is 0.293 e. The minimum Gasteiger partial charge on any atom is -0.293 e. The Bertz CT molecular complexity index is 925. The van der Waals surface area contributed by atoms with Gasteiger partial charge in [0.05, 0.1) is 10.8 Å². The minimum absolute atomic E-state index is 0.176. The number of ketones is 1. The standard InChI is InChI=1S/C16H11ClF3N3OS/c1-9(14(24)10-2-5-12(17)6-3-10)25-15-22-21-13-7-4-11(8-23(13)15)16(18,19)20/h2-9H,1H3/t9-/m0/s1. The summed E-state index contributed by atoms with van der Waals surface area (Å²) in [5.41, 5.74) is -0.0609. The van der Waals surface area contributed by atoms with Gasteiger partial charge in [0.25, 0.3) is 0 Å². The number of benzene rings is 1. The van der Waals surface area contributed by atoms with Crippen molar-refractivity contribution in [3.63, 3.8) is 0 Å². The first kappa shape index (κ1) is 17.8. The van der Waals surface area contributed by atoms with Gasteiger partial charge in [-0.3, -0.25) is 9.20 Å². The maximum absolute atomic E-state index is 12.9. The van der Waals surface area contributed by atoms with Crippen molar-refractivity contribution in [3.05, 3.63) is 58.7 Å². The third-order valence-electron chi connectivity index (χ3n) is 3.48. The lowest BCUT2D eigenvalue weighted by molar-refractivity contribution is -0.137. The SMILES string of the molecule is C[C@H](Sc1nnc2ccc(C(F)(F)F)cn12)C(=O)c1ccc(Cl)cc1. The Morgan fingerprint density at radius 3 is 2.48 bits per heavy atom. The van der Waals surface area contributed by atoms with Crippen molar-refractivity contribution < 1.29 is 18.0 Å². The molecule has 0 unspecified atom stereocenters. The van der Waals surface area contributed by atoms with E-state index in [4.69, 9.17) is 11.6 Å². The van der Waals surface area contributed by atoms with E-state index in [0.29, 0.717) is 10.6 Å². The van der Waals surface area contributed by atoms with E-state index in [0.717, 1.165) is 24.0 Å². The maximum atomic E-state index is 12.9. The Morgan fingerprint density at radius 2 is 1.84 bits per heavy atom. The van der Waals surface area contributed by atoms with Crippen molar-refractivity contribution in [1.82, 2.24) is 14.6 Å². The van der Waals surface area contributed by atoms with Gasteiger partial charge >= 0.3 is 6.18 Å². The van der Waals surface area contributed by atoms with Crippen molar-refractivity contribution in [2.24, 2.45) is 0 Å². The summed E-state index contributed by atoms with van der Waals surface area (Å²) in [6.07, 6.45) is -3.54. The summed E-state index contributed by atoms with van der Waals surface area (Å²) < 4.78 is 39.9. The van der Waals surface area contributed by atoms with Crippen LogP contribution in [-0.4, -0.2) is 25.6 Å². The highest BCUT2D eigenvalue weighted by molar-refractivity contribution is 8.00. The lowest BCUT2D eigenvalue weighted by Crippen LogP contribution is -2.14. The molecule has 9 heteroatoms. The van der Waals surface area contributed by atoms with E-state index in [2.05, 4.69) is 10.2 Å². The molecule has 0 fully saturated rings. The molecule has 3 aromatic rings. The van der Waals surface area contributed by atoms with Crippen molar-refractivity contribution in [3.8, 4) is 0 Å². The number of hydrogen-bond acceptors (Lipinski definition) is 4. The number of halogens is 4. The molecule has 0 spiro atoms. The molecular weight excluding hydrogens is 375 g/mol. The van der Waals surface area contributed by atoms with Gasteiger partial charge in [-0.05, 0) is 43.3 Å². The fraction of sp³-hybridized carbons (Fsp3) is 0.188. The summed E-state index contributed by atoms with van der Waals surface area (Å²) >= 11 is 6.84. The molecule has 0 aliphatic heterocycles. The zero-order valence-corrected chi connectivity index (χ0v) is 14.4. The highest BCUT2D eigenvalue weighted by atomic mass is 35.5. The summed E-state index contributed by atoms with van der Waals surface area (Å²) in [5, 5.41) is 7.90. The number of carbonyl (C=O) groups excluding carboxylic acids is 1. The van der Waals surface area contributed by atoms with E-state index in [-0.39, 0.29) is 16.6 Å². The van der Waals surface area contributed by atoms with E-state index in [1.54, 1.807) is 31.2 Å². The van der Waals surface area contributed by atoms with E-state index in [1.807, 2.05) is 0 Å². The van der Waals surface area contributed by atoms with Gasteiger partial charge in [-0.25, -0.2) is 0 Å². The van der Waals surface area contributed by atoms with E-state index in [1.165, 1.54) is 10.5 Å². The van der Waals surface area contributed by atoms with E-state index in [9.17, 15) is 18.0 Å². The molecule has 3 rings (SSSR count). The first-order valence-corrected chi connectivity index (χ1v) is 8.40. The number of alkyl halides is 3. The Morgan fingerprint density at radius 1 is 1.16 bits per heavy atom. The zero-order chi connectivity index (χ0) is 18.2. The van der Waals surface area contributed by atoms with Crippen LogP contribution in [-0.2, 0) is 6.18 Å². The topological polar surface area (TPSA) is 47.3 Å². The first-order chi connectivity index (χ1) is 11.8. The highest BCUT2D eigenvalue weighted by Crippen LogP contribution is 2.31. The zero-order valence-electron chi connectivity index (χ0n) is 12.8. The summed E-state index contributed by atoms with van der Waals surface area (Å²) in [6.45, 7) is 1.66. The Hall–Kier alpha value is -2.06. The second kappa shape index (κ2) is 6.68. The predicted octanol–water partition coefficient (Wildman–Crippen LogP) is 4.77. The van der Waals surface area contributed by atoms with Crippen LogP contribution in [0.25, 0.3) is 5.65 Å². The molecule has 0 saturated carbocycles. The number of nitrogens with zero attached hydrogens (tertiary/aromatic N) is 3. The maximum Gasteiger partial charge on any atom is 0.417 e. The average molecular weight is 386 g/mol. The molecule has 0 saturated heterocycles. The Labute approximate surface area is 150 Å². The van der Waals surface area contributed by atoms with Crippen molar-refractivity contribution in [2.75, 3.05) is 0 Å². The summed E-state index contributed by atoms with van der Waals surface area (Å²) in [7, 11) is 0. The van der Waals surface area contributed by atoms with E-state index < -0.39 is 17.0 Å². The average Bonchev–Trinajstić information content (AvgIpc) is 2.96. The van der Waals surface area contributed by atoms with Crippen LogP contribution in [0, 0.1) is 0 Å². The van der Waals surface area contributed by atoms with Gasteiger partial charge < -0.3 is 0 Å². The number of Topliss-reactive ketones (excluding diaryl/α,β-unsaturated/α-hetero) is 1. The number of thioether (sulfide) groups is 1. The molecule has 2 heterocycles. The molecule has 0 radical (unpaired) electrons. The fourth-order valence-corrected chi connectivity index (χ4v) is 3.21. The highest BCUT2D eigenvalue weighted by Gasteiger charge is 2.31. The lowest BCUT2D eigenvalue weighted by atomic mass is 10.1. The number of pyridine rings is 1. The molecule has 25 heavy (non-hydrogen) atoms. The quantitative estimate of drug-likeness (QED) is 0.479. The molecule has 130 valence electrons. The van der Waals surface area contributed by atoms with Crippen LogP contribution in [0.1, 0.15) is 22.8 Å². The number of fused-ring (bicyclic) bond motifs is 1. The molecule has 0 N–H and O–H groups in total. The van der Waals surface area contributed by atoms with Crippen LogP contribution in [0.4, 0.5) is 13.2 Å². The second-order valence-corrected chi connectivity index (χ2v) is 7.00. The molecular formula is C16H11ClF3N3OS. The van der Waals surface area contributed by atoms with Gasteiger partial charge in [0.1, 0.15) is 0 Å². The largest absolute Gasteiger partial charge is 0.417 e. The molecule has 0 aliphatic rings. The van der Waals surface area contributed by atoms with Crippen LogP contribution >= 0.6 is 23.4 Å². The molecule has 4 nitrogen and oxygen atoms in total. The van der Waals surface area contributed by atoms with Crippen molar-refractivity contribution in [1.29, 1.82) is 0 Å². The van der Waals surface area contributed by atoms with Crippen LogP contribution in [0.3, 0.4) is 0 Å². The number of carbonyl (C=O) groups is 1. The fourth-order valence-electron chi connectivity index (χ4n) is 2.18. The minimum atomic E-state index is -4.47. The number of hydrogen-bond donors (Lipinski definition) is 0. The lowest BCUT2D eigenvalue weighted by Gasteiger charge is -2.10. The third kappa shape index (κ3) is 3.80. The Kier molecular flexibility index (Phi) is 4.75. The van der Waals surface area contributed by atoms with Gasteiger partial charge in [0.2, 0.25) is 0 Å². The molecule has 1 aromatic carbocycles. The summed E-state index contributed by atoms with van der Waals surface area (Å²) in [4.78, 5) is 12.4. The van der Waals surface area contributed by atoms with Crippen molar-refractivity contribution >= 4 is 34.8 Å². The normalized spacial score (nSPS) is 13.2. The molecule has 0 amide bonds. The van der Waals surface area contributed by atoms with Gasteiger partial charge in [-0.15, -0.1) is 10.2 Å². The van der Waals surface area contributed by atoms with E-state index >= 15 is 0 Å². The molecule has 2 aromatic heterocycles. The van der Waals surface area contributed by atoms with Gasteiger partial charge in [0, 0.05) is 16.8 Å². The van der Waals surface area contributed by atoms with Crippen LogP contribution in [0.2, 0.25) is 5.02 Å². The van der Waals surface area contributed by atoms with Gasteiger partial charge in [-0.1, -0.05) is 23.4 Å². The van der Waals surface area contributed by atoms with Crippen LogP contribution < -0.4 is 0 Å². The molecule has 0 aliphatic carbocycles. The third-order valence-corrected chi connectivity index (χ3v) is 4.79. The first-order valence-electron chi connectivity index (χ1n) is 7.14. The molecule has 1 atom stereocenters. The molecule has 0 bridgehead atoms. The number of aromatic nitrogens is 3. The summed E-state index contributed by atoms with van der Waals surface area (Å²) in [6, 6.07) is 8.60. The van der Waals surface area contributed by atoms with Crippen LogP contribution in [0.5, 0.6) is 0 Å².